The summed E-state index contributed by atoms with van der Waals surface area (Å²) in [4.78, 5) is 0. The molecule has 0 spiro atoms. The molecule has 0 N–H and O–H groups in total. The molecule has 0 aromatic rings. The Hall–Kier alpha value is 0.380. The number of hydrogen-bond acceptors (Lipinski definition) is 1. The lowest BCUT2D eigenvalue weighted by Crippen LogP contribution is -2.15. The highest BCUT2D eigenvalue weighted by atomic mass is 35.5. The Bertz CT molecular complexity index is 167. The number of thioether (sulfide) groups is 1. The monoisotopic (exact) mass is 218 g/mol. The maximum absolute atomic E-state index is 5.69. The summed E-state index contributed by atoms with van der Waals surface area (Å²) in [7, 11) is 0. The third kappa shape index (κ3) is 4.42. The first kappa shape index (κ1) is 11.5. The van der Waals surface area contributed by atoms with Gasteiger partial charge in [-0.25, -0.2) is 0 Å². The van der Waals surface area contributed by atoms with Crippen LogP contribution >= 0.6 is 23.4 Å². The SMILES string of the molecule is C=C(CCl)CSC1CCCC(C)C1. The summed E-state index contributed by atoms with van der Waals surface area (Å²) >= 11 is 7.74. The molecule has 0 aromatic heterocycles. The van der Waals surface area contributed by atoms with E-state index < -0.39 is 0 Å². The Labute approximate surface area is 91.1 Å². The van der Waals surface area contributed by atoms with Crippen molar-refractivity contribution in [1.82, 2.24) is 0 Å². The van der Waals surface area contributed by atoms with Gasteiger partial charge in [-0.05, 0) is 18.8 Å². The van der Waals surface area contributed by atoms with E-state index in [4.69, 9.17) is 11.6 Å². The maximum atomic E-state index is 5.69. The fraction of sp³-hybridized carbons (Fsp3) is 0.818. The van der Waals surface area contributed by atoms with Crippen molar-refractivity contribution in [3.8, 4) is 0 Å². The Morgan fingerprint density at radius 1 is 1.54 bits per heavy atom. The van der Waals surface area contributed by atoms with Crippen molar-refractivity contribution >= 4 is 23.4 Å². The minimum absolute atomic E-state index is 0.620. The zero-order valence-corrected chi connectivity index (χ0v) is 9.96. The maximum Gasteiger partial charge on any atom is 0.0439 e. The van der Waals surface area contributed by atoms with Crippen LogP contribution in [0.25, 0.3) is 0 Å². The average Bonchev–Trinajstić information content (AvgIpc) is 2.14. The van der Waals surface area contributed by atoms with Gasteiger partial charge in [0.1, 0.15) is 0 Å². The highest BCUT2D eigenvalue weighted by molar-refractivity contribution is 8.00. The Morgan fingerprint density at radius 3 is 2.92 bits per heavy atom. The van der Waals surface area contributed by atoms with Crippen LogP contribution in [0.1, 0.15) is 32.6 Å². The lowest BCUT2D eigenvalue weighted by molar-refractivity contribution is 0.394. The molecule has 0 amide bonds. The molecule has 0 aromatic carbocycles. The first-order valence-corrected chi connectivity index (χ1v) is 6.65. The molecule has 76 valence electrons. The van der Waals surface area contributed by atoms with Gasteiger partial charge in [0.2, 0.25) is 0 Å². The molecular weight excluding hydrogens is 200 g/mol. The van der Waals surface area contributed by atoms with E-state index in [1.165, 1.54) is 31.3 Å². The summed E-state index contributed by atoms with van der Waals surface area (Å²) in [6, 6.07) is 0. The van der Waals surface area contributed by atoms with Gasteiger partial charge in [-0.2, -0.15) is 11.8 Å². The first-order chi connectivity index (χ1) is 6.22. The van der Waals surface area contributed by atoms with E-state index in [9.17, 15) is 0 Å². The second-order valence-corrected chi connectivity index (χ2v) is 5.64. The van der Waals surface area contributed by atoms with Gasteiger partial charge in [0, 0.05) is 16.9 Å². The Balaban J connectivity index is 2.17. The summed E-state index contributed by atoms with van der Waals surface area (Å²) in [5, 5.41) is 0.865. The van der Waals surface area contributed by atoms with Crippen molar-refractivity contribution in [3.63, 3.8) is 0 Å². The van der Waals surface area contributed by atoms with Gasteiger partial charge in [0.15, 0.2) is 0 Å². The summed E-state index contributed by atoms with van der Waals surface area (Å²) in [5.41, 5.74) is 1.17. The summed E-state index contributed by atoms with van der Waals surface area (Å²) in [5.74, 6) is 2.60. The third-order valence-corrected chi connectivity index (χ3v) is 4.45. The second kappa shape index (κ2) is 5.98. The summed E-state index contributed by atoms with van der Waals surface area (Å²) < 4.78 is 0. The van der Waals surface area contributed by atoms with Crippen LogP contribution in [0.15, 0.2) is 12.2 Å². The second-order valence-electron chi connectivity index (χ2n) is 4.09. The molecular formula is C11H19ClS. The predicted molar refractivity (Wildman–Crippen MR) is 63.7 cm³/mol. The minimum atomic E-state index is 0.620. The first-order valence-electron chi connectivity index (χ1n) is 5.06. The molecule has 2 unspecified atom stereocenters. The molecule has 13 heavy (non-hydrogen) atoms. The van der Waals surface area contributed by atoms with E-state index in [1.54, 1.807) is 0 Å². The zero-order valence-electron chi connectivity index (χ0n) is 8.39. The van der Waals surface area contributed by atoms with Crippen molar-refractivity contribution < 1.29 is 0 Å². The van der Waals surface area contributed by atoms with Crippen molar-refractivity contribution in [2.75, 3.05) is 11.6 Å². The zero-order chi connectivity index (χ0) is 9.68. The topological polar surface area (TPSA) is 0 Å². The van der Waals surface area contributed by atoms with E-state index >= 15 is 0 Å². The standard InChI is InChI=1S/C11H19ClS/c1-9-4-3-5-11(6-9)13-8-10(2)7-12/h9,11H,2-8H2,1H3. The van der Waals surface area contributed by atoms with Crippen molar-refractivity contribution in [3.05, 3.63) is 12.2 Å². The molecule has 1 rings (SSSR count). The van der Waals surface area contributed by atoms with Crippen LogP contribution in [0.5, 0.6) is 0 Å². The number of halogens is 1. The lowest BCUT2D eigenvalue weighted by Gasteiger charge is -2.26. The van der Waals surface area contributed by atoms with Crippen LogP contribution in [-0.4, -0.2) is 16.9 Å². The number of rotatable bonds is 4. The molecule has 0 heterocycles. The molecule has 0 radical (unpaired) electrons. The van der Waals surface area contributed by atoms with Crippen LogP contribution < -0.4 is 0 Å². The van der Waals surface area contributed by atoms with Crippen LogP contribution in [0.3, 0.4) is 0 Å². The van der Waals surface area contributed by atoms with Gasteiger partial charge in [-0.15, -0.1) is 11.6 Å². The largest absolute Gasteiger partial charge is 0.154 e. The highest BCUT2D eigenvalue weighted by Crippen LogP contribution is 2.32. The van der Waals surface area contributed by atoms with Gasteiger partial charge in [-0.1, -0.05) is 31.9 Å². The van der Waals surface area contributed by atoms with Crippen molar-refractivity contribution in [1.29, 1.82) is 0 Å². The van der Waals surface area contributed by atoms with Gasteiger partial charge in [0.05, 0.1) is 0 Å². The van der Waals surface area contributed by atoms with E-state index in [1.807, 2.05) is 11.8 Å². The molecule has 1 saturated carbocycles. The molecule has 1 aliphatic carbocycles. The minimum Gasteiger partial charge on any atom is -0.154 e. The van der Waals surface area contributed by atoms with Gasteiger partial charge in [-0.3, -0.25) is 0 Å². The Kier molecular flexibility index (Phi) is 5.27. The van der Waals surface area contributed by atoms with E-state index in [-0.39, 0.29) is 0 Å². The molecule has 0 bridgehead atoms. The predicted octanol–water partition coefficient (Wildman–Crippen LogP) is 4.09. The number of alkyl halides is 1. The smallest absolute Gasteiger partial charge is 0.0439 e. The normalized spacial score (nSPS) is 28.8. The average molecular weight is 219 g/mol. The van der Waals surface area contributed by atoms with E-state index in [0.717, 1.165) is 16.9 Å². The van der Waals surface area contributed by atoms with E-state index in [2.05, 4.69) is 13.5 Å². The van der Waals surface area contributed by atoms with Crippen LogP contribution in [0.2, 0.25) is 0 Å². The van der Waals surface area contributed by atoms with Crippen molar-refractivity contribution in [2.45, 2.75) is 37.9 Å². The van der Waals surface area contributed by atoms with Crippen molar-refractivity contribution in [2.24, 2.45) is 5.92 Å². The van der Waals surface area contributed by atoms with Crippen LogP contribution in [0.4, 0.5) is 0 Å². The molecule has 2 heteroatoms. The summed E-state index contributed by atoms with van der Waals surface area (Å²) in [6.45, 7) is 6.29. The molecule has 1 fully saturated rings. The fourth-order valence-electron chi connectivity index (χ4n) is 1.80. The molecule has 2 atom stereocenters. The van der Waals surface area contributed by atoms with Gasteiger partial charge >= 0.3 is 0 Å². The highest BCUT2D eigenvalue weighted by Gasteiger charge is 2.18. The van der Waals surface area contributed by atoms with Crippen LogP contribution in [-0.2, 0) is 0 Å². The Morgan fingerprint density at radius 2 is 2.31 bits per heavy atom. The third-order valence-electron chi connectivity index (χ3n) is 2.60. The van der Waals surface area contributed by atoms with Gasteiger partial charge < -0.3 is 0 Å². The molecule has 0 saturated heterocycles. The molecule has 1 aliphatic rings. The summed E-state index contributed by atoms with van der Waals surface area (Å²) in [6.07, 6.45) is 5.62. The van der Waals surface area contributed by atoms with E-state index in [0.29, 0.717) is 5.88 Å². The van der Waals surface area contributed by atoms with Gasteiger partial charge in [0.25, 0.3) is 0 Å². The lowest BCUT2D eigenvalue weighted by atomic mass is 9.91. The molecule has 0 aliphatic heterocycles. The molecule has 0 nitrogen and oxygen atoms in total. The fourth-order valence-corrected chi connectivity index (χ4v) is 3.38. The van der Waals surface area contributed by atoms with Crippen LogP contribution in [0, 0.1) is 5.92 Å². The number of hydrogen-bond donors (Lipinski definition) is 0. The quantitative estimate of drug-likeness (QED) is 0.506.